The lowest BCUT2D eigenvalue weighted by Crippen LogP contribution is -2.60. The summed E-state index contributed by atoms with van der Waals surface area (Å²) >= 11 is 0. The Morgan fingerprint density at radius 1 is 1.10 bits per heavy atom. The van der Waals surface area contributed by atoms with E-state index >= 15 is 0 Å². The molecule has 1 aliphatic heterocycles. The van der Waals surface area contributed by atoms with Crippen LogP contribution in [-0.4, -0.2) is 62.9 Å². The second kappa shape index (κ2) is 11.5. The fourth-order valence-corrected chi connectivity index (χ4v) is 4.58. The number of hydrogen-bond donors (Lipinski definition) is 2. The highest BCUT2D eigenvalue weighted by Crippen LogP contribution is 2.33. The Hall–Kier alpha value is -1.63. The zero-order valence-electron chi connectivity index (χ0n) is 18.2. The molecule has 1 aliphatic carbocycles. The maximum atomic E-state index is 5.61. The Morgan fingerprint density at radius 2 is 1.83 bits per heavy atom. The van der Waals surface area contributed by atoms with Crippen LogP contribution in [0.1, 0.15) is 50.2 Å². The summed E-state index contributed by atoms with van der Waals surface area (Å²) in [5.41, 5.74) is 2.71. The van der Waals surface area contributed by atoms with Gasteiger partial charge in [-0.15, -0.1) is 0 Å². The minimum absolute atomic E-state index is 0.229. The lowest BCUT2D eigenvalue weighted by atomic mass is 9.80. The third-order valence-electron chi connectivity index (χ3n) is 6.30. The Kier molecular flexibility index (Phi) is 8.77. The van der Waals surface area contributed by atoms with Crippen molar-refractivity contribution in [3.63, 3.8) is 0 Å². The zero-order valence-corrected chi connectivity index (χ0v) is 18.2. The number of hydrogen-bond acceptors (Lipinski definition) is 4. The quantitative estimate of drug-likeness (QED) is 0.517. The molecule has 0 aromatic heterocycles. The summed E-state index contributed by atoms with van der Waals surface area (Å²) in [5, 5.41) is 7.14. The van der Waals surface area contributed by atoms with E-state index in [0.717, 1.165) is 52.0 Å². The molecule has 2 fully saturated rings. The van der Waals surface area contributed by atoms with E-state index in [0.29, 0.717) is 6.61 Å². The van der Waals surface area contributed by atoms with Gasteiger partial charge in [-0.3, -0.25) is 9.89 Å². The van der Waals surface area contributed by atoms with Crippen LogP contribution >= 0.6 is 0 Å². The van der Waals surface area contributed by atoms with E-state index in [1.165, 1.54) is 43.2 Å². The highest BCUT2D eigenvalue weighted by atomic mass is 16.5. The molecule has 1 saturated heterocycles. The van der Waals surface area contributed by atoms with Crippen LogP contribution in [0.5, 0.6) is 0 Å². The van der Waals surface area contributed by atoms with Crippen molar-refractivity contribution >= 4 is 5.96 Å². The van der Waals surface area contributed by atoms with Crippen molar-refractivity contribution in [1.82, 2.24) is 15.5 Å². The largest absolute Gasteiger partial charge is 0.379 e. The monoisotopic (exact) mass is 402 g/mol. The molecule has 1 aromatic carbocycles. The number of rotatable bonds is 8. The van der Waals surface area contributed by atoms with Crippen LogP contribution in [-0.2, 0) is 22.6 Å². The van der Waals surface area contributed by atoms with Crippen LogP contribution in [0.2, 0.25) is 0 Å². The Labute approximate surface area is 176 Å². The normalized spacial score (nSPS) is 20.4. The topological polar surface area (TPSA) is 58.1 Å². The van der Waals surface area contributed by atoms with Crippen molar-refractivity contribution in [3.05, 3.63) is 35.4 Å². The van der Waals surface area contributed by atoms with Crippen molar-refractivity contribution in [2.45, 2.75) is 57.7 Å². The van der Waals surface area contributed by atoms with Crippen LogP contribution in [0.3, 0.4) is 0 Å². The molecule has 6 heteroatoms. The molecule has 1 heterocycles. The number of aliphatic imine (C=N–C) groups is 1. The van der Waals surface area contributed by atoms with Crippen LogP contribution in [0.4, 0.5) is 0 Å². The van der Waals surface area contributed by atoms with Gasteiger partial charge in [-0.2, -0.15) is 0 Å². The number of nitrogens with zero attached hydrogens (tertiary/aromatic N) is 2. The Balaban J connectivity index is 1.58. The van der Waals surface area contributed by atoms with Crippen molar-refractivity contribution in [2.24, 2.45) is 4.99 Å². The number of guanidine groups is 1. The molecule has 3 rings (SSSR count). The number of morpholine rings is 1. The molecule has 1 aromatic rings. The predicted molar refractivity (Wildman–Crippen MR) is 118 cm³/mol. The van der Waals surface area contributed by atoms with Crippen LogP contribution < -0.4 is 10.6 Å². The SMILES string of the molecule is CCOCc1ccccc1CNC(=NC)NCC1(N2CCOCC2)CCCCC1. The minimum atomic E-state index is 0.229. The fourth-order valence-electron chi connectivity index (χ4n) is 4.58. The molecule has 162 valence electrons. The van der Waals surface area contributed by atoms with Crippen molar-refractivity contribution < 1.29 is 9.47 Å². The van der Waals surface area contributed by atoms with Crippen LogP contribution in [0.25, 0.3) is 0 Å². The lowest BCUT2D eigenvalue weighted by molar-refractivity contribution is -0.0352. The van der Waals surface area contributed by atoms with E-state index < -0.39 is 0 Å². The van der Waals surface area contributed by atoms with E-state index in [2.05, 4.69) is 44.8 Å². The van der Waals surface area contributed by atoms with Gasteiger partial charge in [0.1, 0.15) is 0 Å². The number of ether oxygens (including phenoxy) is 2. The molecule has 6 nitrogen and oxygen atoms in total. The van der Waals surface area contributed by atoms with Gasteiger partial charge in [0.25, 0.3) is 0 Å². The molecule has 0 bridgehead atoms. The standard InChI is InChI=1S/C23H38N4O2/c1-3-28-18-21-10-6-5-9-20(21)17-25-22(24-2)26-19-23(11-7-4-8-12-23)27-13-15-29-16-14-27/h5-6,9-10H,3-4,7-8,11-19H2,1-2H3,(H2,24,25,26). The smallest absolute Gasteiger partial charge is 0.191 e. The molecular formula is C23H38N4O2. The van der Waals surface area contributed by atoms with Gasteiger partial charge in [-0.05, 0) is 30.9 Å². The first-order valence-electron chi connectivity index (χ1n) is 11.2. The number of benzene rings is 1. The average molecular weight is 403 g/mol. The van der Waals surface area contributed by atoms with Gasteiger partial charge in [0.2, 0.25) is 0 Å². The van der Waals surface area contributed by atoms with E-state index in [4.69, 9.17) is 9.47 Å². The van der Waals surface area contributed by atoms with Gasteiger partial charge in [0.05, 0.1) is 19.8 Å². The summed E-state index contributed by atoms with van der Waals surface area (Å²) < 4.78 is 11.2. The van der Waals surface area contributed by atoms with Gasteiger partial charge >= 0.3 is 0 Å². The third-order valence-corrected chi connectivity index (χ3v) is 6.30. The fraction of sp³-hybridized carbons (Fsp3) is 0.696. The summed E-state index contributed by atoms with van der Waals surface area (Å²) in [4.78, 5) is 7.14. The zero-order chi connectivity index (χ0) is 20.4. The summed E-state index contributed by atoms with van der Waals surface area (Å²) in [6.07, 6.45) is 6.50. The van der Waals surface area contributed by atoms with Crippen molar-refractivity contribution in [2.75, 3.05) is 46.5 Å². The summed E-state index contributed by atoms with van der Waals surface area (Å²) in [6, 6.07) is 8.45. The first-order chi connectivity index (χ1) is 14.3. The maximum Gasteiger partial charge on any atom is 0.191 e. The molecule has 2 N–H and O–H groups in total. The van der Waals surface area contributed by atoms with Crippen LogP contribution in [0.15, 0.2) is 29.3 Å². The van der Waals surface area contributed by atoms with Gasteiger partial charge < -0.3 is 20.1 Å². The molecule has 0 amide bonds. The molecule has 0 atom stereocenters. The maximum absolute atomic E-state index is 5.61. The average Bonchev–Trinajstić information content (AvgIpc) is 2.79. The number of nitrogens with one attached hydrogen (secondary N) is 2. The highest BCUT2D eigenvalue weighted by molar-refractivity contribution is 5.79. The van der Waals surface area contributed by atoms with Gasteiger partial charge in [0, 0.05) is 45.4 Å². The Bertz CT molecular complexity index is 638. The molecule has 29 heavy (non-hydrogen) atoms. The van der Waals surface area contributed by atoms with Crippen molar-refractivity contribution in [3.8, 4) is 0 Å². The minimum Gasteiger partial charge on any atom is -0.379 e. The predicted octanol–water partition coefficient (Wildman–Crippen LogP) is 2.92. The van der Waals surface area contributed by atoms with Gasteiger partial charge in [-0.1, -0.05) is 43.5 Å². The lowest BCUT2D eigenvalue weighted by Gasteiger charge is -2.48. The van der Waals surface area contributed by atoms with E-state index in [1.54, 1.807) is 0 Å². The second-order valence-corrected chi connectivity index (χ2v) is 8.07. The van der Waals surface area contributed by atoms with Crippen molar-refractivity contribution in [1.29, 1.82) is 0 Å². The molecule has 0 radical (unpaired) electrons. The first-order valence-corrected chi connectivity index (χ1v) is 11.2. The second-order valence-electron chi connectivity index (χ2n) is 8.07. The van der Waals surface area contributed by atoms with E-state index in [-0.39, 0.29) is 5.54 Å². The highest BCUT2D eigenvalue weighted by Gasteiger charge is 2.38. The molecular weight excluding hydrogens is 364 g/mol. The third kappa shape index (κ3) is 6.17. The summed E-state index contributed by atoms with van der Waals surface area (Å²) in [5.74, 6) is 0.870. The molecule has 2 aliphatic rings. The van der Waals surface area contributed by atoms with E-state index in [9.17, 15) is 0 Å². The molecule has 0 spiro atoms. The van der Waals surface area contributed by atoms with Gasteiger partial charge in [0.15, 0.2) is 5.96 Å². The summed E-state index contributed by atoms with van der Waals surface area (Å²) in [7, 11) is 1.85. The first kappa shape index (κ1) is 22.1. The van der Waals surface area contributed by atoms with Gasteiger partial charge in [-0.25, -0.2) is 0 Å². The Morgan fingerprint density at radius 3 is 2.52 bits per heavy atom. The molecule has 1 saturated carbocycles. The van der Waals surface area contributed by atoms with Crippen LogP contribution in [0, 0.1) is 0 Å². The molecule has 0 unspecified atom stereocenters. The van der Waals surface area contributed by atoms with E-state index in [1.807, 2.05) is 14.0 Å². The summed E-state index contributed by atoms with van der Waals surface area (Å²) in [6.45, 7) is 8.88.